The number of piperazine rings is 1. The van der Waals surface area contributed by atoms with Crippen molar-refractivity contribution in [1.82, 2.24) is 15.2 Å². The summed E-state index contributed by atoms with van der Waals surface area (Å²) in [4.78, 5) is 13.2. The van der Waals surface area contributed by atoms with E-state index in [-0.39, 0.29) is 5.82 Å². The van der Waals surface area contributed by atoms with Crippen LogP contribution in [0.1, 0.15) is 17.1 Å². The van der Waals surface area contributed by atoms with E-state index >= 15 is 0 Å². The van der Waals surface area contributed by atoms with Crippen LogP contribution in [0, 0.1) is 12.7 Å². The number of aryl methyl sites for hydroxylation is 2. The molecule has 1 fully saturated rings. The molecule has 7 heteroatoms. The van der Waals surface area contributed by atoms with Crippen molar-refractivity contribution in [3.05, 3.63) is 46.2 Å². The summed E-state index contributed by atoms with van der Waals surface area (Å²) in [6.07, 6.45) is 2.02. The molecule has 0 spiro atoms. The highest BCUT2D eigenvalue weighted by molar-refractivity contribution is 7.09. The lowest BCUT2D eigenvalue weighted by atomic mass is 10.2. The molecule has 1 saturated heterocycles. The van der Waals surface area contributed by atoms with Crippen molar-refractivity contribution in [3.8, 4) is 0 Å². The molecule has 0 unspecified atom stereocenters. The van der Waals surface area contributed by atoms with E-state index in [9.17, 15) is 4.39 Å². The average molecular weight is 376 g/mol. The molecule has 1 aliphatic heterocycles. The zero-order valence-corrected chi connectivity index (χ0v) is 16.2. The van der Waals surface area contributed by atoms with Crippen molar-refractivity contribution in [3.63, 3.8) is 0 Å². The Morgan fingerprint density at radius 3 is 2.69 bits per heavy atom. The minimum absolute atomic E-state index is 0.152. The number of nitrogens with one attached hydrogen (secondary N) is 1. The molecular formula is C19H26FN5S. The monoisotopic (exact) mass is 375 g/mol. The van der Waals surface area contributed by atoms with E-state index in [0.29, 0.717) is 5.69 Å². The molecule has 0 radical (unpaired) electrons. The molecule has 26 heavy (non-hydrogen) atoms. The molecule has 2 aromatic rings. The van der Waals surface area contributed by atoms with Gasteiger partial charge >= 0.3 is 0 Å². The fourth-order valence-corrected chi connectivity index (χ4v) is 3.98. The van der Waals surface area contributed by atoms with E-state index in [1.165, 1.54) is 11.1 Å². The second kappa shape index (κ2) is 8.98. The van der Waals surface area contributed by atoms with Crippen molar-refractivity contribution in [2.45, 2.75) is 19.8 Å². The van der Waals surface area contributed by atoms with Gasteiger partial charge in [-0.15, -0.1) is 11.3 Å². The second-order valence-corrected chi connectivity index (χ2v) is 7.33. The van der Waals surface area contributed by atoms with Crippen LogP contribution in [0.3, 0.4) is 0 Å². The highest BCUT2D eigenvalue weighted by Gasteiger charge is 2.21. The number of thiazole rings is 1. The summed E-state index contributed by atoms with van der Waals surface area (Å²) >= 11 is 1.73. The molecular weight excluding hydrogens is 349 g/mol. The van der Waals surface area contributed by atoms with Crippen LogP contribution >= 0.6 is 11.3 Å². The number of aromatic nitrogens is 1. The molecule has 0 atom stereocenters. The van der Waals surface area contributed by atoms with E-state index in [1.807, 2.05) is 26.1 Å². The van der Waals surface area contributed by atoms with Crippen LogP contribution in [-0.2, 0) is 6.42 Å². The summed E-state index contributed by atoms with van der Waals surface area (Å²) in [7, 11) is 1.82. The standard InChI is InChI=1S/C19H26FN5S/c1-15-14-26-18(23-15)8-5-9-22-19(21-2)25-12-10-24(11-13-25)17-7-4-3-6-16(17)20/h3-4,6-7,14H,5,8-13H2,1-2H3,(H,21,22). The van der Waals surface area contributed by atoms with Crippen LogP contribution in [0.25, 0.3) is 0 Å². The smallest absolute Gasteiger partial charge is 0.193 e. The fourth-order valence-electron chi connectivity index (χ4n) is 3.16. The van der Waals surface area contributed by atoms with Crippen LogP contribution in [-0.4, -0.2) is 55.6 Å². The van der Waals surface area contributed by atoms with Gasteiger partial charge in [-0.3, -0.25) is 4.99 Å². The van der Waals surface area contributed by atoms with E-state index in [4.69, 9.17) is 0 Å². The van der Waals surface area contributed by atoms with Gasteiger partial charge in [0.1, 0.15) is 5.82 Å². The van der Waals surface area contributed by atoms with Gasteiger partial charge in [0.15, 0.2) is 5.96 Å². The molecule has 2 heterocycles. The zero-order valence-electron chi connectivity index (χ0n) is 15.4. The number of para-hydroxylation sites is 1. The van der Waals surface area contributed by atoms with Crippen LogP contribution < -0.4 is 10.2 Å². The normalized spacial score (nSPS) is 15.4. The number of nitrogens with zero attached hydrogens (tertiary/aromatic N) is 4. The second-order valence-electron chi connectivity index (χ2n) is 6.39. The lowest BCUT2D eigenvalue weighted by molar-refractivity contribution is 0.370. The third-order valence-electron chi connectivity index (χ3n) is 4.50. The molecule has 0 saturated carbocycles. The van der Waals surface area contributed by atoms with Gasteiger partial charge in [0, 0.05) is 57.3 Å². The van der Waals surface area contributed by atoms with Gasteiger partial charge in [-0.25, -0.2) is 9.37 Å². The topological polar surface area (TPSA) is 43.8 Å². The first-order valence-corrected chi connectivity index (χ1v) is 9.91. The van der Waals surface area contributed by atoms with E-state index in [0.717, 1.165) is 57.2 Å². The van der Waals surface area contributed by atoms with Crippen LogP contribution in [0.4, 0.5) is 10.1 Å². The number of hydrogen-bond acceptors (Lipinski definition) is 4. The summed E-state index contributed by atoms with van der Waals surface area (Å²) < 4.78 is 13.9. The number of rotatable bonds is 5. The summed E-state index contributed by atoms with van der Waals surface area (Å²) in [6, 6.07) is 6.98. The molecule has 1 aliphatic rings. The van der Waals surface area contributed by atoms with Gasteiger partial charge in [-0.2, -0.15) is 0 Å². The lowest BCUT2D eigenvalue weighted by Gasteiger charge is -2.37. The Morgan fingerprint density at radius 1 is 1.27 bits per heavy atom. The first-order chi connectivity index (χ1) is 12.7. The molecule has 0 amide bonds. The maximum atomic E-state index is 13.9. The molecule has 0 bridgehead atoms. The molecule has 3 rings (SSSR count). The van der Waals surface area contributed by atoms with Crippen molar-refractivity contribution in [2.24, 2.45) is 4.99 Å². The number of halogens is 1. The van der Waals surface area contributed by atoms with Crippen molar-refractivity contribution in [2.75, 3.05) is 44.7 Å². The largest absolute Gasteiger partial charge is 0.366 e. The number of guanidine groups is 1. The van der Waals surface area contributed by atoms with Gasteiger partial charge in [0.25, 0.3) is 0 Å². The quantitative estimate of drug-likeness (QED) is 0.496. The number of benzene rings is 1. The predicted octanol–water partition coefficient (Wildman–Crippen LogP) is 2.92. The Bertz CT molecular complexity index is 737. The maximum absolute atomic E-state index is 13.9. The van der Waals surface area contributed by atoms with Crippen LogP contribution in [0.15, 0.2) is 34.6 Å². The average Bonchev–Trinajstić information content (AvgIpc) is 3.08. The highest BCUT2D eigenvalue weighted by Crippen LogP contribution is 2.20. The minimum Gasteiger partial charge on any atom is -0.366 e. The molecule has 1 aromatic carbocycles. The van der Waals surface area contributed by atoms with Gasteiger partial charge in [-0.05, 0) is 25.5 Å². The van der Waals surface area contributed by atoms with Crippen molar-refractivity contribution in [1.29, 1.82) is 0 Å². The van der Waals surface area contributed by atoms with Crippen molar-refractivity contribution < 1.29 is 4.39 Å². The number of hydrogen-bond donors (Lipinski definition) is 1. The van der Waals surface area contributed by atoms with E-state index in [2.05, 4.69) is 30.5 Å². The summed E-state index contributed by atoms with van der Waals surface area (Å²) in [5.74, 6) is 0.773. The molecule has 1 aromatic heterocycles. The maximum Gasteiger partial charge on any atom is 0.193 e. The summed E-state index contributed by atoms with van der Waals surface area (Å²) in [5.41, 5.74) is 1.79. The third-order valence-corrected chi connectivity index (χ3v) is 5.53. The Labute approximate surface area is 158 Å². The van der Waals surface area contributed by atoms with Gasteiger partial charge in [0.2, 0.25) is 0 Å². The number of aliphatic imine (C=N–C) groups is 1. The zero-order chi connectivity index (χ0) is 18.4. The number of anilines is 1. The SMILES string of the molecule is CN=C(NCCCc1nc(C)cs1)N1CCN(c2ccccc2F)CC1. The minimum atomic E-state index is -0.152. The van der Waals surface area contributed by atoms with Crippen molar-refractivity contribution >= 4 is 23.0 Å². The Morgan fingerprint density at radius 2 is 2.04 bits per heavy atom. The third kappa shape index (κ3) is 4.72. The Hall–Kier alpha value is -2.15. The highest BCUT2D eigenvalue weighted by atomic mass is 32.1. The summed E-state index contributed by atoms with van der Waals surface area (Å²) in [5, 5.41) is 6.73. The Balaban J connectivity index is 1.44. The predicted molar refractivity (Wildman–Crippen MR) is 107 cm³/mol. The molecule has 140 valence electrons. The van der Waals surface area contributed by atoms with E-state index in [1.54, 1.807) is 17.4 Å². The molecule has 0 aliphatic carbocycles. The lowest BCUT2D eigenvalue weighted by Crippen LogP contribution is -2.52. The molecule has 1 N–H and O–H groups in total. The van der Waals surface area contributed by atoms with Gasteiger partial charge in [0.05, 0.1) is 10.7 Å². The first kappa shape index (κ1) is 18.6. The van der Waals surface area contributed by atoms with Gasteiger partial charge < -0.3 is 15.1 Å². The van der Waals surface area contributed by atoms with Crippen LogP contribution in [0.2, 0.25) is 0 Å². The fraction of sp³-hybridized carbons (Fsp3) is 0.474. The molecule has 5 nitrogen and oxygen atoms in total. The first-order valence-electron chi connectivity index (χ1n) is 9.03. The Kier molecular flexibility index (Phi) is 6.44. The van der Waals surface area contributed by atoms with E-state index < -0.39 is 0 Å². The summed E-state index contributed by atoms with van der Waals surface area (Å²) in [6.45, 7) is 6.15. The van der Waals surface area contributed by atoms with Gasteiger partial charge in [-0.1, -0.05) is 12.1 Å². The van der Waals surface area contributed by atoms with Crippen LogP contribution in [0.5, 0.6) is 0 Å².